The summed E-state index contributed by atoms with van der Waals surface area (Å²) in [7, 11) is 0. The highest BCUT2D eigenvalue weighted by Gasteiger charge is 2.33. The number of benzene rings is 4. The van der Waals surface area contributed by atoms with Crippen LogP contribution in [0, 0.1) is 0 Å². The van der Waals surface area contributed by atoms with Crippen LogP contribution in [0.4, 0.5) is 0 Å². The Morgan fingerprint density at radius 2 is 1.22 bits per heavy atom. The first-order chi connectivity index (χ1) is 13.2. The van der Waals surface area contributed by atoms with Gasteiger partial charge in [0.1, 0.15) is 11.5 Å². The Labute approximate surface area is 155 Å². The molecule has 0 radical (unpaired) electrons. The number of rotatable bonds is 2. The van der Waals surface area contributed by atoms with E-state index >= 15 is 0 Å². The highest BCUT2D eigenvalue weighted by atomic mass is 16.5. The number of para-hydroxylation sites is 1. The zero-order valence-corrected chi connectivity index (χ0v) is 14.3. The lowest BCUT2D eigenvalue weighted by Gasteiger charge is -2.22. The van der Waals surface area contributed by atoms with E-state index in [0.29, 0.717) is 33.8 Å². The maximum Gasteiger partial charge on any atom is 0.198 e. The fraction of sp³-hybridized carbons (Fsp3) is 0. The number of hydrogen-bond donors (Lipinski definition) is 0. The summed E-state index contributed by atoms with van der Waals surface area (Å²) in [5.74, 6) is 0.720. The first kappa shape index (κ1) is 15.5. The van der Waals surface area contributed by atoms with Crippen molar-refractivity contribution >= 4 is 22.3 Å². The van der Waals surface area contributed by atoms with Crippen LogP contribution in [-0.4, -0.2) is 11.6 Å². The first-order valence-corrected chi connectivity index (χ1v) is 8.71. The third kappa shape index (κ3) is 2.36. The number of fused-ring (bicyclic) bond motifs is 3. The predicted octanol–water partition coefficient (Wildman–Crippen LogP) is 5.41. The van der Waals surface area contributed by atoms with Gasteiger partial charge in [-0.2, -0.15) is 0 Å². The molecule has 3 heteroatoms. The number of ether oxygens (including phenoxy) is 1. The molecular formula is C24H14O3. The molecule has 1 aliphatic carbocycles. The monoisotopic (exact) mass is 350 g/mol. The molecule has 0 atom stereocenters. The van der Waals surface area contributed by atoms with Gasteiger partial charge in [-0.1, -0.05) is 66.7 Å². The van der Waals surface area contributed by atoms with Gasteiger partial charge in [-0.15, -0.1) is 0 Å². The maximum absolute atomic E-state index is 13.3. The molecule has 0 amide bonds. The molecule has 1 aliphatic rings. The summed E-state index contributed by atoms with van der Waals surface area (Å²) in [6.45, 7) is 0. The van der Waals surface area contributed by atoms with E-state index < -0.39 is 0 Å². The Bertz CT molecular complexity index is 1220. The van der Waals surface area contributed by atoms with Crippen LogP contribution >= 0.6 is 0 Å². The Hall–Kier alpha value is -3.72. The van der Waals surface area contributed by atoms with E-state index in [1.165, 1.54) is 0 Å². The van der Waals surface area contributed by atoms with Gasteiger partial charge in [-0.25, -0.2) is 0 Å². The van der Waals surface area contributed by atoms with Crippen molar-refractivity contribution in [2.24, 2.45) is 0 Å². The van der Waals surface area contributed by atoms with Gasteiger partial charge in [0.2, 0.25) is 0 Å². The van der Waals surface area contributed by atoms with Crippen LogP contribution in [0.25, 0.3) is 10.8 Å². The van der Waals surface area contributed by atoms with Gasteiger partial charge in [0.25, 0.3) is 0 Å². The second-order valence-corrected chi connectivity index (χ2v) is 6.47. The molecule has 27 heavy (non-hydrogen) atoms. The molecule has 3 nitrogen and oxygen atoms in total. The second kappa shape index (κ2) is 5.92. The standard InChI is InChI=1S/C24H14O3/c25-22-18-12-6-7-13-19(18)23(26)21-20(22)14-15-8-4-5-11-17(15)24(21)27-16-9-2-1-3-10-16/h1-14H. The Kier molecular flexibility index (Phi) is 3.41. The van der Waals surface area contributed by atoms with Crippen molar-refractivity contribution in [2.75, 3.05) is 0 Å². The Morgan fingerprint density at radius 3 is 2.00 bits per heavy atom. The van der Waals surface area contributed by atoms with Gasteiger partial charge in [0.15, 0.2) is 11.6 Å². The van der Waals surface area contributed by atoms with Crippen molar-refractivity contribution in [1.82, 2.24) is 0 Å². The van der Waals surface area contributed by atoms with Gasteiger partial charge in [-0.3, -0.25) is 9.59 Å². The van der Waals surface area contributed by atoms with E-state index in [-0.39, 0.29) is 11.6 Å². The van der Waals surface area contributed by atoms with Crippen molar-refractivity contribution in [3.05, 3.63) is 107 Å². The molecule has 4 aromatic rings. The summed E-state index contributed by atoms with van der Waals surface area (Å²) in [6, 6.07) is 25.7. The van der Waals surface area contributed by atoms with Crippen molar-refractivity contribution in [1.29, 1.82) is 0 Å². The molecule has 0 spiro atoms. The van der Waals surface area contributed by atoms with Gasteiger partial charge < -0.3 is 4.74 Å². The lowest BCUT2D eigenvalue weighted by atomic mass is 9.82. The topological polar surface area (TPSA) is 43.4 Å². The maximum atomic E-state index is 13.3. The molecule has 0 aliphatic heterocycles. The fourth-order valence-corrected chi connectivity index (χ4v) is 3.59. The average molecular weight is 350 g/mol. The summed E-state index contributed by atoms with van der Waals surface area (Å²) < 4.78 is 6.15. The molecule has 0 bridgehead atoms. The quantitative estimate of drug-likeness (QED) is 0.428. The van der Waals surface area contributed by atoms with E-state index in [2.05, 4.69) is 0 Å². The van der Waals surface area contributed by atoms with Crippen LogP contribution in [-0.2, 0) is 0 Å². The largest absolute Gasteiger partial charge is 0.456 e. The van der Waals surface area contributed by atoms with Crippen LogP contribution in [0.5, 0.6) is 11.5 Å². The normalized spacial score (nSPS) is 12.6. The highest BCUT2D eigenvalue weighted by Crippen LogP contribution is 2.40. The average Bonchev–Trinajstić information content (AvgIpc) is 2.72. The number of carbonyl (C=O) groups excluding carboxylic acids is 2. The third-order valence-electron chi connectivity index (χ3n) is 4.85. The third-order valence-corrected chi connectivity index (χ3v) is 4.85. The summed E-state index contributed by atoms with van der Waals surface area (Å²) in [5, 5.41) is 1.67. The summed E-state index contributed by atoms with van der Waals surface area (Å²) in [5.41, 5.74) is 1.59. The molecule has 0 N–H and O–H groups in total. The second-order valence-electron chi connectivity index (χ2n) is 6.47. The van der Waals surface area contributed by atoms with Gasteiger partial charge in [0.05, 0.1) is 5.56 Å². The minimum Gasteiger partial charge on any atom is -0.456 e. The molecule has 128 valence electrons. The van der Waals surface area contributed by atoms with Crippen LogP contribution in [0.15, 0.2) is 84.9 Å². The highest BCUT2D eigenvalue weighted by molar-refractivity contribution is 6.31. The van der Waals surface area contributed by atoms with Crippen LogP contribution in [0.3, 0.4) is 0 Å². The van der Waals surface area contributed by atoms with Crippen LogP contribution in [0.2, 0.25) is 0 Å². The minimum atomic E-state index is -0.183. The molecule has 0 saturated heterocycles. The summed E-state index contributed by atoms with van der Waals surface area (Å²) in [4.78, 5) is 26.4. The molecule has 0 heterocycles. The van der Waals surface area contributed by atoms with Gasteiger partial charge in [0, 0.05) is 22.1 Å². The lowest BCUT2D eigenvalue weighted by Crippen LogP contribution is -2.21. The molecule has 5 rings (SSSR count). The van der Waals surface area contributed by atoms with Gasteiger partial charge in [-0.05, 0) is 23.6 Å². The van der Waals surface area contributed by atoms with Crippen molar-refractivity contribution in [2.45, 2.75) is 0 Å². The van der Waals surface area contributed by atoms with Crippen LogP contribution < -0.4 is 4.74 Å². The number of ketones is 2. The molecule has 0 saturated carbocycles. The summed E-state index contributed by atoms with van der Waals surface area (Å²) >= 11 is 0. The van der Waals surface area contributed by atoms with E-state index in [1.807, 2.05) is 54.6 Å². The molecule has 4 aromatic carbocycles. The zero-order valence-electron chi connectivity index (χ0n) is 14.3. The molecule has 0 unspecified atom stereocenters. The predicted molar refractivity (Wildman–Crippen MR) is 104 cm³/mol. The van der Waals surface area contributed by atoms with Crippen molar-refractivity contribution in [3.8, 4) is 11.5 Å². The Morgan fingerprint density at radius 1 is 0.593 bits per heavy atom. The first-order valence-electron chi connectivity index (χ1n) is 8.71. The zero-order chi connectivity index (χ0) is 18.4. The SMILES string of the molecule is O=C1c2ccccc2C(=O)c2c1cc1ccccc1c2Oc1ccccc1. The molecule has 0 aromatic heterocycles. The summed E-state index contributed by atoms with van der Waals surface area (Å²) in [6.07, 6.45) is 0. The smallest absolute Gasteiger partial charge is 0.198 e. The Balaban J connectivity index is 1.83. The minimum absolute atomic E-state index is 0.149. The lowest BCUT2D eigenvalue weighted by molar-refractivity contribution is 0.0977. The fourth-order valence-electron chi connectivity index (χ4n) is 3.59. The van der Waals surface area contributed by atoms with Crippen LogP contribution in [0.1, 0.15) is 31.8 Å². The van der Waals surface area contributed by atoms with Gasteiger partial charge >= 0.3 is 0 Å². The number of carbonyl (C=O) groups is 2. The van der Waals surface area contributed by atoms with E-state index in [4.69, 9.17) is 4.74 Å². The molecule has 0 fully saturated rings. The van der Waals surface area contributed by atoms with Crippen molar-refractivity contribution < 1.29 is 14.3 Å². The van der Waals surface area contributed by atoms with E-state index in [9.17, 15) is 9.59 Å². The van der Waals surface area contributed by atoms with E-state index in [0.717, 1.165) is 10.8 Å². The number of hydrogen-bond acceptors (Lipinski definition) is 3. The van der Waals surface area contributed by atoms with E-state index in [1.54, 1.807) is 30.3 Å². The molecular weight excluding hydrogens is 336 g/mol. The van der Waals surface area contributed by atoms with Crippen molar-refractivity contribution in [3.63, 3.8) is 0 Å².